The van der Waals surface area contributed by atoms with Crippen LogP contribution in [0.2, 0.25) is 0 Å². The van der Waals surface area contributed by atoms with Crippen molar-refractivity contribution < 1.29 is 0 Å². The molecule has 1 aliphatic carbocycles. The first-order valence-electron chi connectivity index (χ1n) is 5.07. The van der Waals surface area contributed by atoms with Gasteiger partial charge in [-0.3, -0.25) is 4.99 Å². The van der Waals surface area contributed by atoms with Gasteiger partial charge in [-0.05, 0) is 25.0 Å². The normalized spacial score (nSPS) is 26.3. The summed E-state index contributed by atoms with van der Waals surface area (Å²) in [6.45, 7) is 0. The smallest absolute Gasteiger partial charge is 0.147 e. The summed E-state index contributed by atoms with van der Waals surface area (Å²) >= 11 is 0. The fraction of sp³-hybridized carbons (Fsp3) is 0.545. The number of allylic oxidation sites excluding steroid dienone is 2. The molecule has 2 nitrogen and oxygen atoms in total. The SMILES string of the molecule is C1=C[N]C(=NC2CCCCC2)C=C1. The molecular formula is C11H15N2. The van der Waals surface area contributed by atoms with Crippen LogP contribution in [-0.2, 0) is 0 Å². The number of hydrogen-bond acceptors (Lipinski definition) is 1. The summed E-state index contributed by atoms with van der Waals surface area (Å²) in [5.74, 6) is 0.898. The summed E-state index contributed by atoms with van der Waals surface area (Å²) in [5, 5.41) is 4.21. The summed E-state index contributed by atoms with van der Waals surface area (Å²) in [5.41, 5.74) is 0. The van der Waals surface area contributed by atoms with E-state index in [2.05, 4.69) is 10.3 Å². The van der Waals surface area contributed by atoms with Crippen LogP contribution < -0.4 is 5.32 Å². The monoisotopic (exact) mass is 175 g/mol. The predicted octanol–water partition coefficient (Wildman–Crippen LogP) is 2.41. The topological polar surface area (TPSA) is 26.5 Å². The van der Waals surface area contributed by atoms with Crippen molar-refractivity contribution in [1.82, 2.24) is 5.32 Å². The maximum atomic E-state index is 4.61. The molecule has 1 radical (unpaired) electrons. The summed E-state index contributed by atoms with van der Waals surface area (Å²) in [7, 11) is 0. The number of rotatable bonds is 1. The van der Waals surface area contributed by atoms with Crippen molar-refractivity contribution >= 4 is 5.84 Å². The fourth-order valence-electron chi connectivity index (χ4n) is 1.83. The quantitative estimate of drug-likeness (QED) is 0.585. The van der Waals surface area contributed by atoms with Crippen LogP contribution in [0.5, 0.6) is 0 Å². The Kier molecular flexibility index (Phi) is 2.80. The lowest BCUT2D eigenvalue weighted by atomic mass is 9.96. The number of hydrogen-bond donors (Lipinski definition) is 0. The zero-order valence-electron chi connectivity index (χ0n) is 7.82. The third-order valence-electron chi connectivity index (χ3n) is 2.54. The van der Waals surface area contributed by atoms with Gasteiger partial charge in [0.05, 0.1) is 6.04 Å². The molecule has 2 heteroatoms. The van der Waals surface area contributed by atoms with E-state index < -0.39 is 0 Å². The minimum Gasteiger partial charge on any atom is -0.263 e. The van der Waals surface area contributed by atoms with Crippen LogP contribution >= 0.6 is 0 Å². The van der Waals surface area contributed by atoms with Gasteiger partial charge < -0.3 is 0 Å². The van der Waals surface area contributed by atoms with Gasteiger partial charge in [-0.2, -0.15) is 0 Å². The van der Waals surface area contributed by atoms with E-state index in [4.69, 9.17) is 0 Å². The molecule has 0 amide bonds. The van der Waals surface area contributed by atoms with Gasteiger partial charge in [0.25, 0.3) is 0 Å². The Balaban J connectivity index is 1.93. The minimum absolute atomic E-state index is 0.531. The molecule has 0 spiro atoms. The number of amidine groups is 1. The third-order valence-corrected chi connectivity index (χ3v) is 2.54. The van der Waals surface area contributed by atoms with E-state index in [-0.39, 0.29) is 0 Å². The van der Waals surface area contributed by atoms with E-state index in [1.54, 1.807) is 0 Å². The molecule has 0 saturated heterocycles. The lowest BCUT2D eigenvalue weighted by molar-refractivity contribution is 0.443. The standard InChI is InChI=1S/C11H15N2/c1-2-6-10(7-3-1)13-11-8-4-5-9-12-11/h4-5,8-10H,1-3,6-7H2. The van der Waals surface area contributed by atoms with Crippen molar-refractivity contribution in [3.63, 3.8) is 0 Å². The first kappa shape index (κ1) is 8.54. The molecular weight excluding hydrogens is 160 g/mol. The van der Waals surface area contributed by atoms with Crippen LogP contribution in [0.1, 0.15) is 32.1 Å². The molecule has 0 bridgehead atoms. The predicted molar refractivity (Wildman–Crippen MR) is 54.7 cm³/mol. The van der Waals surface area contributed by atoms with Gasteiger partial charge in [-0.15, -0.1) is 0 Å². The van der Waals surface area contributed by atoms with E-state index in [0.29, 0.717) is 6.04 Å². The van der Waals surface area contributed by atoms with Crippen molar-refractivity contribution in [2.24, 2.45) is 4.99 Å². The fourth-order valence-corrected chi connectivity index (χ4v) is 1.83. The lowest BCUT2D eigenvalue weighted by Crippen LogP contribution is -2.16. The first-order valence-corrected chi connectivity index (χ1v) is 5.07. The average Bonchev–Trinajstić information content (AvgIpc) is 2.21. The highest BCUT2D eigenvalue weighted by atomic mass is 15.0. The molecule has 0 aromatic rings. The average molecular weight is 175 g/mol. The van der Waals surface area contributed by atoms with Gasteiger partial charge >= 0.3 is 0 Å². The number of aliphatic imine (C=N–C) groups is 1. The Labute approximate surface area is 79.4 Å². The van der Waals surface area contributed by atoms with Gasteiger partial charge in [0.15, 0.2) is 0 Å². The zero-order chi connectivity index (χ0) is 8.93. The van der Waals surface area contributed by atoms with Gasteiger partial charge in [0.1, 0.15) is 5.84 Å². The molecule has 2 rings (SSSR count). The van der Waals surface area contributed by atoms with E-state index in [1.807, 2.05) is 24.4 Å². The summed E-state index contributed by atoms with van der Waals surface area (Å²) in [6, 6.07) is 0.531. The molecule has 0 unspecified atom stereocenters. The van der Waals surface area contributed by atoms with E-state index >= 15 is 0 Å². The van der Waals surface area contributed by atoms with E-state index in [9.17, 15) is 0 Å². The molecule has 1 heterocycles. The van der Waals surface area contributed by atoms with E-state index in [1.165, 1.54) is 32.1 Å². The van der Waals surface area contributed by atoms with Crippen LogP contribution in [0.3, 0.4) is 0 Å². The highest BCUT2D eigenvalue weighted by Crippen LogP contribution is 2.20. The second-order valence-corrected chi connectivity index (χ2v) is 3.61. The van der Waals surface area contributed by atoms with Crippen molar-refractivity contribution in [1.29, 1.82) is 0 Å². The summed E-state index contributed by atoms with van der Waals surface area (Å²) < 4.78 is 0. The van der Waals surface area contributed by atoms with Crippen molar-refractivity contribution in [2.45, 2.75) is 38.1 Å². The van der Waals surface area contributed by atoms with Crippen molar-refractivity contribution in [3.05, 3.63) is 24.4 Å². The molecule has 0 N–H and O–H groups in total. The Morgan fingerprint density at radius 1 is 1.15 bits per heavy atom. The molecule has 69 valence electrons. The maximum absolute atomic E-state index is 4.61. The Hall–Kier alpha value is -1.05. The van der Waals surface area contributed by atoms with Crippen molar-refractivity contribution in [3.8, 4) is 0 Å². The molecule has 1 fully saturated rings. The molecule has 2 aliphatic rings. The number of nitrogens with zero attached hydrogens (tertiary/aromatic N) is 2. The van der Waals surface area contributed by atoms with Gasteiger partial charge in [0.2, 0.25) is 0 Å². The van der Waals surface area contributed by atoms with Gasteiger partial charge in [0, 0.05) is 6.20 Å². The Morgan fingerprint density at radius 2 is 2.00 bits per heavy atom. The molecule has 13 heavy (non-hydrogen) atoms. The Bertz CT molecular complexity index is 245. The van der Waals surface area contributed by atoms with Crippen molar-refractivity contribution in [2.75, 3.05) is 0 Å². The van der Waals surface area contributed by atoms with Crippen LogP contribution in [0.15, 0.2) is 29.4 Å². The lowest BCUT2D eigenvalue weighted by Gasteiger charge is -2.18. The second kappa shape index (κ2) is 4.26. The van der Waals surface area contributed by atoms with E-state index in [0.717, 1.165) is 5.84 Å². The van der Waals surface area contributed by atoms with Gasteiger partial charge in [-0.1, -0.05) is 25.3 Å². The molecule has 0 atom stereocenters. The maximum Gasteiger partial charge on any atom is 0.147 e. The highest BCUT2D eigenvalue weighted by molar-refractivity contribution is 5.94. The zero-order valence-corrected chi connectivity index (χ0v) is 7.82. The largest absolute Gasteiger partial charge is 0.263 e. The Morgan fingerprint density at radius 3 is 2.69 bits per heavy atom. The minimum atomic E-state index is 0.531. The molecule has 1 aliphatic heterocycles. The van der Waals surface area contributed by atoms with Crippen LogP contribution in [0, 0.1) is 0 Å². The van der Waals surface area contributed by atoms with Crippen LogP contribution in [0.4, 0.5) is 0 Å². The molecule has 0 aromatic carbocycles. The summed E-state index contributed by atoms with van der Waals surface area (Å²) in [6.07, 6.45) is 14.3. The second-order valence-electron chi connectivity index (χ2n) is 3.61. The summed E-state index contributed by atoms with van der Waals surface area (Å²) in [4.78, 5) is 4.61. The molecule has 1 saturated carbocycles. The molecule has 0 aromatic heterocycles. The van der Waals surface area contributed by atoms with Crippen LogP contribution in [-0.4, -0.2) is 11.9 Å². The van der Waals surface area contributed by atoms with Crippen LogP contribution in [0.25, 0.3) is 0 Å². The third kappa shape index (κ3) is 2.44. The first-order chi connectivity index (χ1) is 6.45. The highest BCUT2D eigenvalue weighted by Gasteiger charge is 2.12. The van der Waals surface area contributed by atoms with Gasteiger partial charge in [-0.25, -0.2) is 5.32 Å².